The Balaban J connectivity index is 1.52. The van der Waals surface area contributed by atoms with Gasteiger partial charge in [0, 0.05) is 18.5 Å². The molecule has 1 amide bonds. The molecule has 0 aliphatic heterocycles. The Morgan fingerprint density at radius 3 is 2.28 bits per heavy atom. The second-order valence-electron chi connectivity index (χ2n) is 8.31. The first-order valence-corrected chi connectivity index (χ1v) is 10.2. The first-order valence-electron chi connectivity index (χ1n) is 10.2. The monoisotopic (exact) mass is 345 g/mol. The standard InChI is InChI=1S/C20H31N3O2/c1-13(14-9-5-10-14)25-20(24)21-19-17(15-11-6-12-15)18(22-23(19)2)16-7-3-4-8-16/h13-16H,3-12H2,1-2H3,(H,21,24)/t13-/m0/s1. The lowest BCUT2D eigenvalue weighted by Gasteiger charge is -2.31. The highest BCUT2D eigenvalue weighted by molar-refractivity contribution is 5.85. The molecule has 138 valence electrons. The molecule has 3 aliphatic carbocycles. The molecule has 1 atom stereocenters. The summed E-state index contributed by atoms with van der Waals surface area (Å²) in [6, 6.07) is 0. The number of nitrogens with one attached hydrogen (secondary N) is 1. The number of aryl methyl sites for hydroxylation is 1. The van der Waals surface area contributed by atoms with Crippen LogP contribution >= 0.6 is 0 Å². The number of rotatable bonds is 5. The highest BCUT2D eigenvalue weighted by Gasteiger charge is 2.34. The van der Waals surface area contributed by atoms with Crippen LogP contribution in [0.15, 0.2) is 0 Å². The Hall–Kier alpha value is -1.52. The van der Waals surface area contributed by atoms with Crippen molar-refractivity contribution in [2.45, 2.75) is 89.1 Å². The minimum Gasteiger partial charge on any atom is -0.446 e. The molecule has 4 rings (SSSR count). The molecule has 5 nitrogen and oxygen atoms in total. The molecule has 0 spiro atoms. The molecule has 0 saturated heterocycles. The van der Waals surface area contributed by atoms with Gasteiger partial charge < -0.3 is 4.74 Å². The smallest absolute Gasteiger partial charge is 0.413 e. The van der Waals surface area contributed by atoms with E-state index in [4.69, 9.17) is 9.84 Å². The number of ether oxygens (including phenoxy) is 1. The lowest BCUT2D eigenvalue weighted by Crippen LogP contribution is -2.31. The van der Waals surface area contributed by atoms with Crippen molar-refractivity contribution in [1.82, 2.24) is 9.78 Å². The molecule has 0 bridgehead atoms. The third-order valence-corrected chi connectivity index (χ3v) is 6.69. The maximum atomic E-state index is 12.5. The molecule has 0 radical (unpaired) electrons. The fraction of sp³-hybridized carbons (Fsp3) is 0.800. The Kier molecular flexibility index (Phi) is 4.74. The second-order valence-corrected chi connectivity index (χ2v) is 8.31. The molecule has 0 unspecified atom stereocenters. The maximum absolute atomic E-state index is 12.5. The van der Waals surface area contributed by atoms with Gasteiger partial charge in [-0.15, -0.1) is 0 Å². The van der Waals surface area contributed by atoms with Crippen LogP contribution in [0.25, 0.3) is 0 Å². The van der Waals surface area contributed by atoms with Gasteiger partial charge in [-0.2, -0.15) is 5.10 Å². The fourth-order valence-electron chi connectivity index (χ4n) is 4.61. The van der Waals surface area contributed by atoms with E-state index in [-0.39, 0.29) is 12.2 Å². The average molecular weight is 345 g/mol. The van der Waals surface area contributed by atoms with E-state index in [2.05, 4.69) is 5.32 Å². The van der Waals surface area contributed by atoms with E-state index in [0.717, 1.165) is 5.82 Å². The Morgan fingerprint density at radius 1 is 1.08 bits per heavy atom. The summed E-state index contributed by atoms with van der Waals surface area (Å²) in [7, 11) is 1.95. The van der Waals surface area contributed by atoms with E-state index in [1.807, 2.05) is 18.7 Å². The first-order chi connectivity index (χ1) is 12.1. The fourth-order valence-corrected chi connectivity index (χ4v) is 4.61. The van der Waals surface area contributed by atoms with Crippen molar-refractivity contribution in [1.29, 1.82) is 0 Å². The number of aromatic nitrogens is 2. The van der Waals surface area contributed by atoms with E-state index >= 15 is 0 Å². The zero-order chi connectivity index (χ0) is 17.4. The van der Waals surface area contributed by atoms with E-state index in [1.165, 1.54) is 75.5 Å². The van der Waals surface area contributed by atoms with Crippen LogP contribution in [-0.4, -0.2) is 22.0 Å². The number of carbonyl (C=O) groups excluding carboxylic acids is 1. The molecule has 3 saturated carbocycles. The molecule has 25 heavy (non-hydrogen) atoms. The summed E-state index contributed by atoms with van der Waals surface area (Å²) in [6.07, 6.45) is 12.1. The largest absolute Gasteiger partial charge is 0.446 e. The van der Waals surface area contributed by atoms with Crippen molar-refractivity contribution in [2.24, 2.45) is 13.0 Å². The van der Waals surface area contributed by atoms with Gasteiger partial charge in [0.1, 0.15) is 11.9 Å². The van der Waals surface area contributed by atoms with Gasteiger partial charge in [-0.1, -0.05) is 25.7 Å². The third-order valence-electron chi connectivity index (χ3n) is 6.69. The van der Waals surface area contributed by atoms with Crippen LogP contribution in [0.2, 0.25) is 0 Å². The van der Waals surface area contributed by atoms with Crippen LogP contribution in [0.4, 0.5) is 10.6 Å². The minimum absolute atomic E-state index is 0.00318. The molecule has 3 aliphatic rings. The first kappa shape index (κ1) is 16.9. The van der Waals surface area contributed by atoms with Crippen molar-refractivity contribution in [3.8, 4) is 0 Å². The quantitative estimate of drug-likeness (QED) is 0.809. The topological polar surface area (TPSA) is 56.1 Å². The summed E-state index contributed by atoms with van der Waals surface area (Å²) in [5.41, 5.74) is 2.54. The van der Waals surface area contributed by atoms with Crippen molar-refractivity contribution in [2.75, 3.05) is 5.32 Å². The zero-order valence-electron chi connectivity index (χ0n) is 15.6. The van der Waals surface area contributed by atoms with Crippen LogP contribution in [0.5, 0.6) is 0 Å². The SMILES string of the molecule is C[C@H](OC(=O)Nc1c(C2CCC2)c(C2CCCC2)nn1C)C1CCC1. The minimum atomic E-state index is -0.319. The molecule has 5 heteroatoms. The van der Waals surface area contributed by atoms with Gasteiger partial charge in [-0.25, -0.2) is 4.79 Å². The van der Waals surface area contributed by atoms with Crippen LogP contribution in [-0.2, 0) is 11.8 Å². The molecule has 1 aromatic rings. The molecule has 1 heterocycles. The van der Waals surface area contributed by atoms with Gasteiger partial charge in [-0.3, -0.25) is 10.00 Å². The average Bonchev–Trinajstić information content (AvgIpc) is 3.06. The number of hydrogen-bond acceptors (Lipinski definition) is 3. The summed E-state index contributed by atoms with van der Waals surface area (Å²) in [5.74, 6) is 2.54. The zero-order valence-corrected chi connectivity index (χ0v) is 15.6. The third kappa shape index (κ3) is 3.30. The Bertz CT molecular complexity index is 625. The molecular formula is C20H31N3O2. The summed E-state index contributed by atoms with van der Waals surface area (Å²) in [5, 5.41) is 7.88. The van der Waals surface area contributed by atoms with Gasteiger partial charge in [0.25, 0.3) is 0 Å². The second kappa shape index (κ2) is 7.00. The van der Waals surface area contributed by atoms with Crippen molar-refractivity contribution < 1.29 is 9.53 Å². The number of amides is 1. The van der Waals surface area contributed by atoms with Crippen LogP contribution in [0.3, 0.4) is 0 Å². The number of hydrogen-bond donors (Lipinski definition) is 1. The van der Waals surface area contributed by atoms with E-state index < -0.39 is 0 Å². The molecule has 1 aromatic heterocycles. The normalized spacial score (nSPS) is 23.1. The van der Waals surface area contributed by atoms with Gasteiger partial charge in [-0.05, 0) is 57.3 Å². The van der Waals surface area contributed by atoms with E-state index in [0.29, 0.717) is 17.8 Å². The van der Waals surface area contributed by atoms with Crippen LogP contribution in [0.1, 0.15) is 94.2 Å². The van der Waals surface area contributed by atoms with Gasteiger partial charge in [0.05, 0.1) is 5.69 Å². The predicted molar refractivity (Wildman–Crippen MR) is 97.9 cm³/mol. The lowest BCUT2D eigenvalue weighted by atomic mass is 9.78. The summed E-state index contributed by atoms with van der Waals surface area (Å²) >= 11 is 0. The van der Waals surface area contributed by atoms with E-state index in [9.17, 15) is 4.79 Å². The van der Waals surface area contributed by atoms with Gasteiger partial charge in [0.15, 0.2) is 0 Å². The van der Waals surface area contributed by atoms with Crippen molar-refractivity contribution >= 4 is 11.9 Å². The predicted octanol–water partition coefficient (Wildman–Crippen LogP) is 5.08. The summed E-state index contributed by atoms with van der Waals surface area (Å²) < 4.78 is 7.51. The van der Waals surface area contributed by atoms with Crippen LogP contribution in [0, 0.1) is 5.92 Å². The lowest BCUT2D eigenvalue weighted by molar-refractivity contribution is 0.0530. The Labute approximate surface area is 150 Å². The van der Waals surface area contributed by atoms with Crippen LogP contribution < -0.4 is 5.32 Å². The molecule has 1 N–H and O–H groups in total. The number of nitrogens with zero attached hydrogens (tertiary/aromatic N) is 2. The highest BCUT2D eigenvalue weighted by atomic mass is 16.6. The summed E-state index contributed by atoms with van der Waals surface area (Å²) in [4.78, 5) is 12.5. The number of anilines is 1. The summed E-state index contributed by atoms with van der Waals surface area (Å²) in [6.45, 7) is 2.02. The maximum Gasteiger partial charge on any atom is 0.413 e. The Morgan fingerprint density at radius 2 is 1.72 bits per heavy atom. The van der Waals surface area contributed by atoms with E-state index in [1.54, 1.807) is 0 Å². The van der Waals surface area contributed by atoms with Crippen molar-refractivity contribution in [3.63, 3.8) is 0 Å². The van der Waals surface area contributed by atoms with Gasteiger partial charge >= 0.3 is 6.09 Å². The molecule has 3 fully saturated rings. The van der Waals surface area contributed by atoms with Crippen molar-refractivity contribution in [3.05, 3.63) is 11.3 Å². The highest BCUT2D eigenvalue weighted by Crippen LogP contribution is 2.46. The number of carbonyl (C=O) groups is 1. The molecule has 0 aromatic carbocycles. The van der Waals surface area contributed by atoms with Gasteiger partial charge in [0.2, 0.25) is 0 Å². The molecular weight excluding hydrogens is 314 g/mol.